The van der Waals surface area contributed by atoms with Gasteiger partial charge in [-0.2, -0.15) is 0 Å². The standard InChI is InChI=1S/C12H15N3O5/c1-13-11(19)15(2)12(20)14-9(10(17)18)7-3-5-8(16)6-4-7/h3-6,9,16H,1-2H3,(H,13,19)(H,14,20)(H,17,18). The van der Waals surface area contributed by atoms with Gasteiger partial charge in [-0.1, -0.05) is 12.1 Å². The molecule has 20 heavy (non-hydrogen) atoms. The second-order valence-electron chi connectivity index (χ2n) is 3.93. The maximum absolute atomic E-state index is 11.7. The average molecular weight is 281 g/mol. The van der Waals surface area contributed by atoms with Crippen LogP contribution in [0.3, 0.4) is 0 Å². The van der Waals surface area contributed by atoms with Crippen LogP contribution in [-0.2, 0) is 4.79 Å². The van der Waals surface area contributed by atoms with E-state index < -0.39 is 24.1 Å². The van der Waals surface area contributed by atoms with Gasteiger partial charge in [-0.3, -0.25) is 0 Å². The predicted molar refractivity (Wildman–Crippen MR) is 69.2 cm³/mol. The minimum Gasteiger partial charge on any atom is -0.508 e. The number of nitrogens with one attached hydrogen (secondary N) is 2. The zero-order valence-corrected chi connectivity index (χ0v) is 11.0. The number of aliphatic carboxylic acids is 1. The molecule has 4 N–H and O–H groups in total. The van der Waals surface area contributed by atoms with E-state index in [9.17, 15) is 14.4 Å². The van der Waals surface area contributed by atoms with Crippen molar-refractivity contribution in [3.63, 3.8) is 0 Å². The highest BCUT2D eigenvalue weighted by Crippen LogP contribution is 2.17. The highest BCUT2D eigenvalue weighted by atomic mass is 16.4. The molecule has 1 aromatic carbocycles. The molecule has 0 fully saturated rings. The Balaban J connectivity index is 2.88. The van der Waals surface area contributed by atoms with Crippen molar-refractivity contribution in [3.8, 4) is 5.75 Å². The normalized spacial score (nSPS) is 11.3. The number of benzene rings is 1. The van der Waals surface area contributed by atoms with Gasteiger partial charge in [-0.05, 0) is 17.7 Å². The van der Waals surface area contributed by atoms with Crippen LogP contribution < -0.4 is 10.6 Å². The summed E-state index contributed by atoms with van der Waals surface area (Å²) < 4.78 is 0. The summed E-state index contributed by atoms with van der Waals surface area (Å²) in [5, 5.41) is 22.7. The summed E-state index contributed by atoms with van der Waals surface area (Å²) in [6.45, 7) is 0. The Morgan fingerprint density at radius 1 is 1.15 bits per heavy atom. The summed E-state index contributed by atoms with van der Waals surface area (Å²) in [7, 11) is 2.56. The number of aromatic hydroxyl groups is 1. The quantitative estimate of drug-likeness (QED) is 0.643. The molecule has 0 aliphatic rings. The van der Waals surface area contributed by atoms with Gasteiger partial charge in [0.15, 0.2) is 6.04 Å². The van der Waals surface area contributed by atoms with Crippen LogP contribution in [0.15, 0.2) is 24.3 Å². The molecule has 8 heteroatoms. The molecule has 0 heterocycles. The third-order valence-electron chi connectivity index (χ3n) is 2.56. The number of rotatable bonds is 3. The Bertz CT molecular complexity index is 514. The molecule has 0 bridgehead atoms. The third-order valence-corrected chi connectivity index (χ3v) is 2.56. The van der Waals surface area contributed by atoms with Crippen molar-refractivity contribution in [2.24, 2.45) is 0 Å². The number of carbonyl (C=O) groups is 3. The van der Waals surface area contributed by atoms with E-state index in [1.165, 1.54) is 38.4 Å². The largest absolute Gasteiger partial charge is 0.508 e. The molecule has 0 aliphatic carbocycles. The fourth-order valence-electron chi connectivity index (χ4n) is 1.43. The monoisotopic (exact) mass is 281 g/mol. The maximum Gasteiger partial charge on any atom is 0.330 e. The van der Waals surface area contributed by atoms with E-state index in [1.54, 1.807) is 0 Å². The number of imide groups is 1. The fourth-order valence-corrected chi connectivity index (χ4v) is 1.43. The van der Waals surface area contributed by atoms with Gasteiger partial charge in [0.1, 0.15) is 5.75 Å². The number of urea groups is 2. The summed E-state index contributed by atoms with van der Waals surface area (Å²) in [4.78, 5) is 34.9. The summed E-state index contributed by atoms with van der Waals surface area (Å²) in [6, 6.07) is 2.50. The molecule has 0 aliphatic heterocycles. The number of phenols is 1. The molecule has 1 atom stereocenters. The van der Waals surface area contributed by atoms with Crippen LogP contribution in [0.2, 0.25) is 0 Å². The van der Waals surface area contributed by atoms with Gasteiger partial charge >= 0.3 is 18.0 Å². The van der Waals surface area contributed by atoms with Crippen molar-refractivity contribution >= 4 is 18.0 Å². The average Bonchev–Trinajstić information content (AvgIpc) is 2.43. The minimum atomic E-state index is -1.32. The van der Waals surface area contributed by atoms with Crippen molar-refractivity contribution in [2.45, 2.75) is 6.04 Å². The van der Waals surface area contributed by atoms with Gasteiger partial charge in [0.2, 0.25) is 0 Å². The van der Waals surface area contributed by atoms with Gasteiger partial charge in [-0.15, -0.1) is 0 Å². The Morgan fingerprint density at radius 3 is 2.15 bits per heavy atom. The maximum atomic E-state index is 11.7. The van der Waals surface area contributed by atoms with Crippen LogP contribution >= 0.6 is 0 Å². The van der Waals surface area contributed by atoms with E-state index in [4.69, 9.17) is 10.2 Å². The molecule has 4 amide bonds. The predicted octanol–water partition coefficient (Wildman–Crippen LogP) is 0.499. The first-order chi connectivity index (χ1) is 9.36. The van der Waals surface area contributed by atoms with E-state index >= 15 is 0 Å². The molecule has 1 aromatic rings. The SMILES string of the molecule is CNC(=O)N(C)C(=O)NC(C(=O)O)c1ccc(O)cc1. The number of hydrogen-bond acceptors (Lipinski definition) is 4. The number of carboxylic acids is 1. The number of phenolic OH excluding ortho intramolecular Hbond substituents is 1. The van der Waals surface area contributed by atoms with E-state index in [-0.39, 0.29) is 11.3 Å². The van der Waals surface area contributed by atoms with Crippen LogP contribution in [-0.4, -0.2) is 47.2 Å². The van der Waals surface area contributed by atoms with Gasteiger partial charge in [0.25, 0.3) is 0 Å². The van der Waals surface area contributed by atoms with Gasteiger partial charge < -0.3 is 20.8 Å². The minimum absolute atomic E-state index is 0.0216. The van der Waals surface area contributed by atoms with Crippen LogP contribution in [0.4, 0.5) is 9.59 Å². The lowest BCUT2D eigenvalue weighted by atomic mass is 10.1. The van der Waals surface area contributed by atoms with Crippen LogP contribution in [0.1, 0.15) is 11.6 Å². The molecular weight excluding hydrogens is 266 g/mol. The first-order valence-corrected chi connectivity index (χ1v) is 5.64. The van der Waals surface area contributed by atoms with Crippen LogP contribution in [0, 0.1) is 0 Å². The van der Waals surface area contributed by atoms with Crippen LogP contribution in [0.25, 0.3) is 0 Å². The first-order valence-electron chi connectivity index (χ1n) is 5.64. The van der Waals surface area contributed by atoms with E-state index in [2.05, 4.69) is 10.6 Å². The number of nitrogens with zero attached hydrogens (tertiary/aromatic N) is 1. The molecule has 0 aromatic heterocycles. The number of carboxylic acid groups (broad SMARTS) is 1. The summed E-state index contributed by atoms with van der Waals surface area (Å²) in [6.07, 6.45) is 0. The van der Waals surface area contributed by atoms with Crippen molar-refractivity contribution in [1.29, 1.82) is 0 Å². The van der Waals surface area contributed by atoms with E-state index in [0.29, 0.717) is 0 Å². The number of carbonyl (C=O) groups excluding carboxylic acids is 2. The lowest BCUT2D eigenvalue weighted by molar-refractivity contribution is -0.139. The second-order valence-corrected chi connectivity index (χ2v) is 3.93. The zero-order chi connectivity index (χ0) is 15.3. The smallest absolute Gasteiger partial charge is 0.330 e. The Kier molecular flexibility index (Phi) is 4.90. The Hall–Kier alpha value is -2.77. The molecule has 8 nitrogen and oxygen atoms in total. The van der Waals surface area contributed by atoms with Crippen molar-refractivity contribution < 1.29 is 24.6 Å². The topological polar surface area (TPSA) is 119 Å². The Labute approximate surface area is 115 Å². The van der Waals surface area contributed by atoms with Gasteiger partial charge in [-0.25, -0.2) is 19.3 Å². The first kappa shape index (κ1) is 15.3. The molecule has 0 saturated carbocycles. The van der Waals surface area contributed by atoms with Crippen LogP contribution in [0.5, 0.6) is 5.75 Å². The summed E-state index contributed by atoms with van der Waals surface area (Å²) in [5.74, 6) is -1.30. The molecule has 1 unspecified atom stereocenters. The fraction of sp³-hybridized carbons (Fsp3) is 0.250. The van der Waals surface area contributed by atoms with Gasteiger partial charge in [0, 0.05) is 14.1 Å². The number of amides is 4. The highest BCUT2D eigenvalue weighted by Gasteiger charge is 2.25. The lowest BCUT2D eigenvalue weighted by Gasteiger charge is -2.20. The summed E-state index contributed by atoms with van der Waals surface area (Å²) >= 11 is 0. The third kappa shape index (κ3) is 3.61. The van der Waals surface area contributed by atoms with Gasteiger partial charge in [0.05, 0.1) is 0 Å². The Morgan fingerprint density at radius 2 is 1.70 bits per heavy atom. The van der Waals surface area contributed by atoms with Crippen molar-refractivity contribution in [1.82, 2.24) is 15.5 Å². The molecule has 1 rings (SSSR count). The van der Waals surface area contributed by atoms with Crippen molar-refractivity contribution in [3.05, 3.63) is 29.8 Å². The molecule has 0 saturated heterocycles. The van der Waals surface area contributed by atoms with Crippen molar-refractivity contribution in [2.75, 3.05) is 14.1 Å². The van der Waals surface area contributed by atoms with E-state index in [1.807, 2.05) is 0 Å². The molecule has 108 valence electrons. The lowest BCUT2D eigenvalue weighted by Crippen LogP contribution is -2.47. The summed E-state index contributed by atoms with van der Waals surface area (Å²) in [5.41, 5.74) is 0.272. The highest BCUT2D eigenvalue weighted by molar-refractivity contribution is 5.94. The van der Waals surface area contributed by atoms with E-state index in [0.717, 1.165) is 4.90 Å². The second kappa shape index (κ2) is 6.41. The zero-order valence-electron chi connectivity index (χ0n) is 11.0. The molecule has 0 spiro atoms. The molecule has 0 radical (unpaired) electrons. The number of hydrogen-bond donors (Lipinski definition) is 4. The molecular formula is C12H15N3O5.